The van der Waals surface area contributed by atoms with E-state index >= 15 is 0 Å². The summed E-state index contributed by atoms with van der Waals surface area (Å²) in [5.41, 5.74) is 0. The molecule has 4 nitrogen and oxygen atoms in total. The van der Waals surface area contributed by atoms with Gasteiger partial charge in [0.05, 0.1) is 0 Å². The largest absolute Gasteiger partial charge is 2.00 e. The molecule has 0 rings (SSSR count). The molecule has 0 atom stereocenters. The van der Waals surface area contributed by atoms with Gasteiger partial charge in [-0.3, -0.25) is 8.42 Å². The Kier molecular flexibility index (Phi) is 26.1. The molecule has 0 fully saturated rings. The van der Waals surface area contributed by atoms with Crippen LogP contribution in [0.3, 0.4) is 0 Å². The average Bonchev–Trinajstić information content (AvgIpc) is 0.722. The van der Waals surface area contributed by atoms with E-state index in [2.05, 4.69) is 0 Å². The Morgan fingerprint density at radius 2 is 1.12 bits per heavy atom. The Morgan fingerprint density at radius 3 is 1.12 bits per heavy atom. The van der Waals surface area contributed by atoms with Crippen molar-refractivity contribution in [1.82, 2.24) is 0 Å². The van der Waals surface area contributed by atoms with Crippen LogP contribution in [0.4, 0.5) is 0 Å². The summed E-state index contributed by atoms with van der Waals surface area (Å²) in [5, 5.41) is 0. The Balaban J connectivity index is -0.0000000267. The first-order chi connectivity index (χ1) is 2.00. The Labute approximate surface area is 107 Å². The molecule has 0 amide bonds. The van der Waals surface area contributed by atoms with Gasteiger partial charge in [0, 0.05) is 10.4 Å². The minimum Gasteiger partial charge on any atom is -1.00 e. The SMILES string of the molecule is O=S(=O)([O-])[O-].[Cl-].[Cu+2].[K+]. The second-order valence-electron chi connectivity index (χ2n) is 0.408. The van der Waals surface area contributed by atoms with Gasteiger partial charge in [-0.2, -0.15) is 0 Å². The number of halogens is 1. The molecular weight excluding hydrogens is 234 g/mol. The topological polar surface area (TPSA) is 80.3 Å². The first-order valence-corrected chi connectivity index (χ1v) is 2.00. The fourth-order valence-corrected chi connectivity index (χ4v) is 0. The third-order valence-electron chi connectivity index (χ3n) is 0. The van der Waals surface area contributed by atoms with Crippen LogP contribution in [0.15, 0.2) is 0 Å². The van der Waals surface area contributed by atoms with Crippen molar-refractivity contribution in [1.29, 1.82) is 0 Å². The van der Waals surface area contributed by atoms with E-state index < -0.39 is 10.4 Å². The predicted octanol–water partition coefficient (Wildman–Crippen LogP) is -7.33. The third kappa shape index (κ3) is 83.0. The van der Waals surface area contributed by atoms with Gasteiger partial charge in [-0.05, 0) is 0 Å². The van der Waals surface area contributed by atoms with Crippen LogP contribution in [-0.2, 0) is 27.5 Å². The molecular formula is ClCuKO4S. The zero-order valence-corrected chi connectivity index (χ0v) is 9.36. The Bertz CT molecular complexity index is 99.2. The molecule has 0 aromatic heterocycles. The second kappa shape index (κ2) is 9.32. The van der Waals surface area contributed by atoms with E-state index in [0.29, 0.717) is 0 Å². The maximum absolute atomic E-state index is 8.52. The summed E-state index contributed by atoms with van der Waals surface area (Å²) in [6, 6.07) is 0. The monoisotopic (exact) mass is 233 g/mol. The minimum atomic E-state index is -5.17. The molecule has 0 aromatic rings. The molecule has 0 aliphatic carbocycles. The van der Waals surface area contributed by atoms with Crippen molar-refractivity contribution < 1.29 is 98.4 Å². The number of hydrogen-bond acceptors (Lipinski definition) is 4. The van der Waals surface area contributed by atoms with Crippen LogP contribution in [0.1, 0.15) is 0 Å². The van der Waals surface area contributed by atoms with E-state index in [1.165, 1.54) is 0 Å². The normalized spacial score (nSPS) is 7.25. The number of rotatable bonds is 0. The fraction of sp³-hybridized carbons (Fsp3) is 0. The van der Waals surface area contributed by atoms with Gasteiger partial charge in [-0.15, -0.1) is 0 Å². The molecule has 0 aliphatic rings. The van der Waals surface area contributed by atoms with Crippen LogP contribution in [0.25, 0.3) is 0 Å². The van der Waals surface area contributed by atoms with Crippen molar-refractivity contribution in [3.8, 4) is 0 Å². The minimum absolute atomic E-state index is 0. The smallest absolute Gasteiger partial charge is 1.00 e. The molecule has 0 unspecified atom stereocenters. The van der Waals surface area contributed by atoms with Crippen LogP contribution in [-0.4, -0.2) is 17.5 Å². The van der Waals surface area contributed by atoms with Crippen molar-refractivity contribution in [2.75, 3.05) is 0 Å². The van der Waals surface area contributed by atoms with Crippen molar-refractivity contribution in [2.24, 2.45) is 0 Å². The van der Waals surface area contributed by atoms with Crippen LogP contribution < -0.4 is 63.8 Å². The van der Waals surface area contributed by atoms with E-state index in [4.69, 9.17) is 17.5 Å². The summed E-state index contributed by atoms with van der Waals surface area (Å²) in [4.78, 5) is 0. The van der Waals surface area contributed by atoms with Crippen molar-refractivity contribution in [3.63, 3.8) is 0 Å². The van der Waals surface area contributed by atoms with E-state index in [1.54, 1.807) is 0 Å². The zero-order valence-electron chi connectivity index (χ0n) is 3.72. The summed E-state index contributed by atoms with van der Waals surface area (Å²) >= 11 is 0. The zero-order chi connectivity index (χ0) is 4.50. The third-order valence-corrected chi connectivity index (χ3v) is 0. The van der Waals surface area contributed by atoms with E-state index in [0.717, 1.165) is 0 Å². The first kappa shape index (κ1) is 22.4. The van der Waals surface area contributed by atoms with E-state index in [1.807, 2.05) is 0 Å². The predicted molar refractivity (Wildman–Crippen MR) is 10.5 cm³/mol. The van der Waals surface area contributed by atoms with Crippen LogP contribution in [0.2, 0.25) is 0 Å². The molecule has 0 bridgehead atoms. The van der Waals surface area contributed by atoms with Gasteiger partial charge < -0.3 is 21.5 Å². The average molecular weight is 234 g/mol. The molecule has 0 saturated heterocycles. The van der Waals surface area contributed by atoms with Gasteiger partial charge in [-0.25, -0.2) is 0 Å². The molecule has 0 aliphatic heterocycles. The summed E-state index contributed by atoms with van der Waals surface area (Å²) in [7, 11) is -5.17. The Hall–Kier alpha value is 2.32. The molecule has 8 heteroatoms. The Morgan fingerprint density at radius 1 is 1.12 bits per heavy atom. The quantitative estimate of drug-likeness (QED) is 0.237. The maximum atomic E-state index is 8.52. The summed E-state index contributed by atoms with van der Waals surface area (Å²) in [6.45, 7) is 0. The molecule has 0 saturated carbocycles. The molecule has 1 radical (unpaired) electrons. The second-order valence-corrected chi connectivity index (χ2v) is 1.22. The van der Waals surface area contributed by atoms with Crippen molar-refractivity contribution in [3.05, 3.63) is 0 Å². The molecule has 0 heterocycles. The molecule has 49 valence electrons. The van der Waals surface area contributed by atoms with Gasteiger partial charge in [-0.1, -0.05) is 0 Å². The molecule has 8 heavy (non-hydrogen) atoms. The fourth-order valence-electron chi connectivity index (χ4n) is 0. The van der Waals surface area contributed by atoms with E-state index in [9.17, 15) is 0 Å². The van der Waals surface area contributed by atoms with Crippen molar-refractivity contribution >= 4 is 10.4 Å². The standard InChI is InChI=1S/ClH.Cu.K.H2O4S/c;;;1-5(2,3)4/h1H;;;(H2,1,2,3,4)/q;+2;+1;/p-3. The molecule has 0 spiro atoms. The van der Waals surface area contributed by atoms with Gasteiger partial charge in [0.1, 0.15) is 0 Å². The van der Waals surface area contributed by atoms with Gasteiger partial charge >= 0.3 is 68.5 Å². The van der Waals surface area contributed by atoms with Gasteiger partial charge in [0.25, 0.3) is 0 Å². The summed E-state index contributed by atoms with van der Waals surface area (Å²) < 4.78 is 34.1. The molecule has 0 aromatic carbocycles. The number of hydrogen-bond donors (Lipinski definition) is 0. The van der Waals surface area contributed by atoms with Crippen molar-refractivity contribution in [2.45, 2.75) is 0 Å². The summed E-state index contributed by atoms with van der Waals surface area (Å²) in [5.74, 6) is 0. The van der Waals surface area contributed by atoms with Gasteiger partial charge in [0.2, 0.25) is 0 Å². The van der Waals surface area contributed by atoms with Crippen LogP contribution >= 0.6 is 0 Å². The van der Waals surface area contributed by atoms with Crippen LogP contribution in [0.5, 0.6) is 0 Å². The first-order valence-electron chi connectivity index (χ1n) is 0.667. The van der Waals surface area contributed by atoms with E-state index in [-0.39, 0.29) is 80.9 Å². The molecule has 0 N–H and O–H groups in total. The summed E-state index contributed by atoms with van der Waals surface area (Å²) in [6.07, 6.45) is 0. The maximum Gasteiger partial charge on any atom is 2.00 e. The van der Waals surface area contributed by atoms with Crippen LogP contribution in [0, 0.1) is 0 Å². The van der Waals surface area contributed by atoms with Gasteiger partial charge in [0.15, 0.2) is 0 Å².